The van der Waals surface area contributed by atoms with Gasteiger partial charge in [0, 0.05) is 35.2 Å². The first-order valence-corrected chi connectivity index (χ1v) is 8.29. The molecule has 0 unspecified atom stereocenters. The van der Waals surface area contributed by atoms with E-state index in [0.29, 0.717) is 0 Å². The summed E-state index contributed by atoms with van der Waals surface area (Å²) in [6, 6.07) is -1.07. The van der Waals surface area contributed by atoms with Gasteiger partial charge in [0.05, 0.1) is 12.7 Å². The van der Waals surface area contributed by atoms with E-state index in [1.807, 2.05) is 0 Å². The number of H-pyrrole nitrogens is 1. The summed E-state index contributed by atoms with van der Waals surface area (Å²) in [6.07, 6.45) is 4.14. The smallest absolute Gasteiger partial charge is 0.341 e. The van der Waals surface area contributed by atoms with E-state index in [4.69, 9.17) is 0 Å². The van der Waals surface area contributed by atoms with Crippen LogP contribution in [0.2, 0.25) is 0 Å². The predicted molar refractivity (Wildman–Crippen MR) is 81.0 cm³/mol. The van der Waals surface area contributed by atoms with Gasteiger partial charge in [-0.3, -0.25) is 9.00 Å². The highest BCUT2D eigenvalue weighted by Gasteiger charge is 2.26. The van der Waals surface area contributed by atoms with E-state index in [9.17, 15) is 23.7 Å². The number of aromatic nitrogens is 3. The Morgan fingerprint density at radius 2 is 2.17 bits per heavy atom. The fourth-order valence-electron chi connectivity index (χ4n) is 2.17. The largest absolute Gasteiger partial charge is 0.480 e. The summed E-state index contributed by atoms with van der Waals surface area (Å²) >= 11 is 0. The number of aliphatic carboxylic acids is 1. The number of ether oxygens (including phenoxy) is 1. The fourth-order valence-corrected chi connectivity index (χ4v) is 2.73. The Morgan fingerprint density at radius 3 is 2.74 bits per heavy atom. The molecule has 0 spiro atoms. The minimum atomic E-state index is -1.16. The number of hydrogen-bond acceptors (Lipinski definition) is 6. The molecule has 0 bridgehead atoms. The number of nitrogens with zero attached hydrogens (tertiary/aromatic N) is 2. The lowest BCUT2D eigenvalue weighted by Crippen LogP contribution is -2.23. The number of carbonyl (C=O) groups is 2. The molecular formula is C13H15N3O6S. The van der Waals surface area contributed by atoms with E-state index in [2.05, 4.69) is 14.9 Å². The van der Waals surface area contributed by atoms with Gasteiger partial charge in [-0.1, -0.05) is 0 Å². The second kappa shape index (κ2) is 6.73. The normalized spacial score (nSPS) is 13.7. The minimum Gasteiger partial charge on any atom is -0.480 e. The number of aromatic amines is 1. The molecule has 2 N–H and O–H groups in total. The third-order valence-electron chi connectivity index (χ3n) is 3.31. The third-order valence-corrected chi connectivity index (χ3v) is 4.12. The molecule has 2 heterocycles. The van der Waals surface area contributed by atoms with Crippen LogP contribution in [0.25, 0.3) is 11.3 Å². The number of hydrogen-bond donors (Lipinski definition) is 2. The molecule has 0 saturated carbocycles. The molecule has 0 saturated heterocycles. The van der Waals surface area contributed by atoms with Crippen LogP contribution in [0, 0.1) is 0 Å². The Hall–Kier alpha value is -2.49. The van der Waals surface area contributed by atoms with E-state index < -0.39 is 34.3 Å². The maximum atomic E-state index is 11.9. The predicted octanol–water partition coefficient (Wildman–Crippen LogP) is -0.143. The number of esters is 1. The molecule has 9 nitrogen and oxygen atoms in total. The first kappa shape index (κ1) is 16.9. The second-order valence-electron chi connectivity index (χ2n) is 4.85. The molecule has 0 amide bonds. The van der Waals surface area contributed by atoms with Crippen molar-refractivity contribution < 1.29 is 23.6 Å². The fraction of sp³-hybridized carbons (Fsp3) is 0.385. The molecular weight excluding hydrogens is 326 g/mol. The molecule has 0 aromatic heterocycles. The lowest BCUT2D eigenvalue weighted by atomic mass is 10.1. The van der Waals surface area contributed by atoms with Crippen molar-refractivity contribution in [2.45, 2.75) is 12.5 Å². The van der Waals surface area contributed by atoms with Crippen LogP contribution in [0.1, 0.15) is 22.8 Å². The summed E-state index contributed by atoms with van der Waals surface area (Å²) in [5.41, 5.74) is -0.368. The molecule has 2 atom stereocenters. The van der Waals surface area contributed by atoms with E-state index in [1.165, 1.54) is 30.3 Å². The van der Waals surface area contributed by atoms with Gasteiger partial charge < -0.3 is 14.4 Å². The minimum absolute atomic E-state index is 0.0211. The van der Waals surface area contributed by atoms with Crippen molar-refractivity contribution >= 4 is 22.7 Å². The van der Waals surface area contributed by atoms with Crippen LogP contribution in [0.5, 0.6) is 0 Å². The number of carboxylic acid groups (broad SMARTS) is 1. The molecule has 124 valence electrons. The van der Waals surface area contributed by atoms with Crippen LogP contribution in [-0.4, -0.2) is 55.1 Å². The van der Waals surface area contributed by atoms with Crippen molar-refractivity contribution in [1.82, 2.24) is 14.8 Å². The first-order valence-electron chi connectivity index (χ1n) is 6.56. The third kappa shape index (κ3) is 3.47. The highest BCUT2D eigenvalue weighted by Crippen LogP contribution is 2.24. The van der Waals surface area contributed by atoms with E-state index in [1.54, 1.807) is 0 Å². The Bertz CT molecular complexity index is 795. The van der Waals surface area contributed by atoms with Crippen LogP contribution in [0.15, 0.2) is 17.2 Å². The van der Waals surface area contributed by atoms with Gasteiger partial charge in [-0.2, -0.15) is 5.10 Å². The van der Waals surface area contributed by atoms with Gasteiger partial charge >= 0.3 is 11.9 Å². The van der Waals surface area contributed by atoms with Gasteiger partial charge in [0.15, 0.2) is 0 Å². The van der Waals surface area contributed by atoms with Crippen LogP contribution < -0.4 is 5.56 Å². The van der Waals surface area contributed by atoms with Gasteiger partial charge in [-0.05, 0) is 6.42 Å². The molecule has 23 heavy (non-hydrogen) atoms. The molecule has 2 aliphatic rings. The zero-order chi connectivity index (χ0) is 17.1. The summed E-state index contributed by atoms with van der Waals surface area (Å²) in [5, 5.41) is 15.4. The lowest BCUT2D eigenvalue weighted by molar-refractivity contribution is -0.141. The molecule has 2 aliphatic heterocycles. The topological polar surface area (TPSA) is 131 Å². The van der Waals surface area contributed by atoms with Gasteiger partial charge in [-0.15, -0.1) is 0 Å². The van der Waals surface area contributed by atoms with Gasteiger partial charge in [-0.25, -0.2) is 14.7 Å². The lowest BCUT2D eigenvalue weighted by Gasteiger charge is -2.18. The highest BCUT2D eigenvalue weighted by molar-refractivity contribution is 7.84. The van der Waals surface area contributed by atoms with E-state index in [0.717, 1.165) is 0 Å². The number of nitrogens with one attached hydrogen (secondary N) is 1. The SMILES string of the molecule is COC(=O)c1cn([C@@H](CC[S@](C)=O)C(=O)O)cc2c(=O)[nH]nc1-2. The van der Waals surface area contributed by atoms with Crippen molar-refractivity contribution in [3.8, 4) is 11.3 Å². The number of carbonyl (C=O) groups excluding carboxylic acids is 1. The zero-order valence-corrected chi connectivity index (χ0v) is 13.3. The van der Waals surface area contributed by atoms with Crippen molar-refractivity contribution in [1.29, 1.82) is 0 Å². The Labute approximate surface area is 133 Å². The van der Waals surface area contributed by atoms with Crippen molar-refractivity contribution in [2.24, 2.45) is 0 Å². The number of carboxylic acids is 1. The molecule has 0 radical (unpaired) electrons. The van der Waals surface area contributed by atoms with Crippen LogP contribution >= 0.6 is 0 Å². The molecule has 0 aliphatic carbocycles. The van der Waals surface area contributed by atoms with Crippen molar-refractivity contribution in [3.05, 3.63) is 28.3 Å². The molecule has 0 aromatic rings. The first-order chi connectivity index (χ1) is 10.8. The van der Waals surface area contributed by atoms with Crippen LogP contribution in [0.3, 0.4) is 0 Å². The maximum absolute atomic E-state index is 11.9. The van der Waals surface area contributed by atoms with Gasteiger partial charge in [0.25, 0.3) is 5.56 Å². The summed E-state index contributed by atoms with van der Waals surface area (Å²) in [5.74, 6) is -1.73. The Balaban J connectivity index is 2.58. The Kier molecular flexibility index (Phi) is 4.94. The monoisotopic (exact) mass is 341 g/mol. The van der Waals surface area contributed by atoms with Crippen LogP contribution in [0.4, 0.5) is 0 Å². The number of pyridine rings is 1. The standard InChI is InChI=1S/C13H15N3O6S/c1-22-13(20)8-6-16(5-7-10(8)14-15-11(7)17)9(12(18)19)3-4-23(2)21/h5-6,9H,3-4H2,1-2H3,(H,15,17)(H,18,19)/t9-,23-/m0/s1. The zero-order valence-electron chi connectivity index (χ0n) is 12.4. The van der Waals surface area contributed by atoms with E-state index in [-0.39, 0.29) is 29.0 Å². The highest BCUT2D eigenvalue weighted by atomic mass is 32.2. The average molecular weight is 341 g/mol. The quantitative estimate of drug-likeness (QED) is 0.699. The summed E-state index contributed by atoms with van der Waals surface area (Å²) in [4.78, 5) is 35.1. The summed E-state index contributed by atoms with van der Waals surface area (Å²) < 4.78 is 17.1. The van der Waals surface area contributed by atoms with Crippen molar-refractivity contribution in [3.63, 3.8) is 0 Å². The molecule has 0 aromatic carbocycles. The summed E-state index contributed by atoms with van der Waals surface area (Å²) in [7, 11) is 0.00732. The summed E-state index contributed by atoms with van der Waals surface area (Å²) in [6.45, 7) is 0. The van der Waals surface area contributed by atoms with Gasteiger partial charge in [0.1, 0.15) is 17.3 Å². The number of methoxy groups -OCH3 is 1. The maximum Gasteiger partial charge on any atom is 0.341 e. The molecule has 10 heteroatoms. The number of rotatable bonds is 6. The molecule has 2 rings (SSSR count). The van der Waals surface area contributed by atoms with E-state index >= 15 is 0 Å². The number of fused-ring (bicyclic) bond motifs is 1. The van der Waals surface area contributed by atoms with Gasteiger partial charge in [0.2, 0.25) is 0 Å². The average Bonchev–Trinajstić information content (AvgIpc) is 2.87. The van der Waals surface area contributed by atoms with Crippen LogP contribution in [-0.2, 0) is 20.3 Å². The van der Waals surface area contributed by atoms with Crippen molar-refractivity contribution in [2.75, 3.05) is 19.1 Å². The second-order valence-corrected chi connectivity index (χ2v) is 6.40. The Morgan fingerprint density at radius 1 is 1.48 bits per heavy atom. The molecule has 0 fully saturated rings.